The smallest absolute Gasteiger partial charge is 0.126 e. The molecule has 0 unspecified atom stereocenters. The highest BCUT2D eigenvalue weighted by Crippen LogP contribution is 2.36. The Kier molecular flexibility index (Phi) is 3.82. The molecule has 0 saturated heterocycles. The van der Waals surface area contributed by atoms with Gasteiger partial charge in [-0.3, -0.25) is 0 Å². The second kappa shape index (κ2) is 5.15. The Bertz CT molecular complexity index is 476. The van der Waals surface area contributed by atoms with Gasteiger partial charge >= 0.3 is 0 Å². The van der Waals surface area contributed by atoms with Gasteiger partial charge in [0, 0.05) is 23.2 Å². The zero-order valence-electron chi connectivity index (χ0n) is 8.63. The van der Waals surface area contributed by atoms with E-state index in [-0.39, 0.29) is 0 Å². The summed E-state index contributed by atoms with van der Waals surface area (Å²) in [7, 11) is 1.90. The summed E-state index contributed by atoms with van der Waals surface area (Å²) < 4.78 is 0. The standard InChI is InChI=1S/C11H10Cl2N2S/c1-14-5-7-6-15-11(16-7)10-8(12)3-2-4-9(10)13/h2-4,6,14H,5H2,1H3. The van der Waals surface area contributed by atoms with Crippen molar-refractivity contribution < 1.29 is 0 Å². The van der Waals surface area contributed by atoms with Gasteiger partial charge in [-0.25, -0.2) is 4.98 Å². The van der Waals surface area contributed by atoms with E-state index in [1.54, 1.807) is 11.3 Å². The fraction of sp³-hybridized carbons (Fsp3) is 0.182. The second-order valence-corrected chi connectivity index (χ2v) is 5.19. The van der Waals surface area contributed by atoms with Gasteiger partial charge < -0.3 is 5.32 Å². The number of rotatable bonds is 3. The summed E-state index contributed by atoms with van der Waals surface area (Å²) in [6.07, 6.45) is 1.84. The average molecular weight is 273 g/mol. The minimum atomic E-state index is 0.637. The van der Waals surface area contributed by atoms with Crippen LogP contribution in [-0.2, 0) is 6.54 Å². The molecule has 0 bridgehead atoms. The van der Waals surface area contributed by atoms with E-state index in [1.807, 2.05) is 31.4 Å². The molecule has 0 aliphatic carbocycles. The molecule has 0 aliphatic heterocycles. The van der Waals surface area contributed by atoms with E-state index in [2.05, 4.69) is 10.3 Å². The van der Waals surface area contributed by atoms with Crippen LogP contribution in [0, 0.1) is 0 Å². The molecule has 1 aromatic carbocycles. The topological polar surface area (TPSA) is 24.9 Å². The molecule has 84 valence electrons. The van der Waals surface area contributed by atoms with Crippen molar-refractivity contribution in [2.45, 2.75) is 6.54 Å². The van der Waals surface area contributed by atoms with E-state index >= 15 is 0 Å². The minimum Gasteiger partial charge on any atom is -0.315 e. The summed E-state index contributed by atoms with van der Waals surface area (Å²) in [5.41, 5.74) is 0.818. The first-order chi connectivity index (χ1) is 7.72. The van der Waals surface area contributed by atoms with E-state index in [1.165, 1.54) is 0 Å². The summed E-state index contributed by atoms with van der Waals surface area (Å²) >= 11 is 13.8. The number of nitrogens with zero attached hydrogens (tertiary/aromatic N) is 1. The van der Waals surface area contributed by atoms with Gasteiger partial charge in [0.25, 0.3) is 0 Å². The number of halogens is 2. The van der Waals surface area contributed by atoms with Crippen LogP contribution in [0.3, 0.4) is 0 Å². The maximum absolute atomic E-state index is 6.12. The van der Waals surface area contributed by atoms with Gasteiger partial charge in [-0.2, -0.15) is 0 Å². The normalized spacial score (nSPS) is 10.7. The molecule has 0 saturated carbocycles. The van der Waals surface area contributed by atoms with Crippen LogP contribution in [0.1, 0.15) is 4.88 Å². The Labute approximate surface area is 108 Å². The second-order valence-electron chi connectivity index (χ2n) is 3.26. The van der Waals surface area contributed by atoms with E-state index in [4.69, 9.17) is 23.2 Å². The molecule has 2 rings (SSSR count). The van der Waals surface area contributed by atoms with Gasteiger partial charge in [0.05, 0.1) is 10.0 Å². The number of benzene rings is 1. The van der Waals surface area contributed by atoms with Gasteiger partial charge in [0.2, 0.25) is 0 Å². The molecule has 2 nitrogen and oxygen atoms in total. The maximum atomic E-state index is 6.12. The summed E-state index contributed by atoms with van der Waals surface area (Å²) in [6.45, 7) is 0.805. The third-order valence-corrected chi connectivity index (χ3v) is 3.73. The molecule has 0 atom stereocenters. The quantitative estimate of drug-likeness (QED) is 0.919. The van der Waals surface area contributed by atoms with E-state index < -0.39 is 0 Å². The number of hydrogen-bond donors (Lipinski definition) is 1. The van der Waals surface area contributed by atoms with Crippen LogP contribution in [0.4, 0.5) is 0 Å². The van der Waals surface area contributed by atoms with Crippen molar-refractivity contribution in [1.82, 2.24) is 10.3 Å². The molecular weight excluding hydrogens is 263 g/mol. The first kappa shape index (κ1) is 11.9. The molecule has 1 aromatic heterocycles. The van der Waals surface area contributed by atoms with Crippen molar-refractivity contribution in [1.29, 1.82) is 0 Å². The van der Waals surface area contributed by atoms with Gasteiger partial charge in [-0.1, -0.05) is 29.3 Å². The molecule has 0 amide bonds. The number of aromatic nitrogens is 1. The largest absolute Gasteiger partial charge is 0.315 e. The van der Waals surface area contributed by atoms with Crippen molar-refractivity contribution in [2.24, 2.45) is 0 Å². The van der Waals surface area contributed by atoms with Crippen LogP contribution < -0.4 is 5.32 Å². The number of hydrogen-bond acceptors (Lipinski definition) is 3. The van der Waals surface area contributed by atoms with Crippen molar-refractivity contribution >= 4 is 34.5 Å². The molecule has 0 radical (unpaired) electrons. The molecule has 2 aromatic rings. The lowest BCUT2D eigenvalue weighted by atomic mass is 10.2. The van der Waals surface area contributed by atoms with Crippen molar-refractivity contribution in [3.05, 3.63) is 39.3 Å². The Balaban J connectivity index is 2.42. The summed E-state index contributed by atoms with van der Waals surface area (Å²) in [5.74, 6) is 0. The number of nitrogens with one attached hydrogen (secondary N) is 1. The van der Waals surface area contributed by atoms with E-state index in [0.717, 1.165) is 22.0 Å². The molecule has 5 heteroatoms. The highest BCUT2D eigenvalue weighted by Gasteiger charge is 2.11. The zero-order valence-corrected chi connectivity index (χ0v) is 11.0. The molecule has 1 N–H and O–H groups in total. The predicted octanol–water partition coefficient (Wildman–Crippen LogP) is 3.84. The Hall–Kier alpha value is -0.610. The molecule has 0 spiro atoms. The molecule has 1 heterocycles. The van der Waals surface area contributed by atoms with Gasteiger partial charge in [-0.05, 0) is 19.2 Å². The molecule has 0 aliphatic rings. The zero-order chi connectivity index (χ0) is 11.5. The average Bonchev–Trinajstić information content (AvgIpc) is 2.67. The third kappa shape index (κ3) is 2.38. The van der Waals surface area contributed by atoms with Crippen LogP contribution in [0.2, 0.25) is 10.0 Å². The molecule has 16 heavy (non-hydrogen) atoms. The van der Waals surface area contributed by atoms with Crippen molar-refractivity contribution in [3.63, 3.8) is 0 Å². The predicted molar refractivity (Wildman–Crippen MR) is 70.3 cm³/mol. The fourth-order valence-corrected chi connectivity index (χ4v) is 3.07. The fourth-order valence-electron chi connectivity index (χ4n) is 1.38. The highest BCUT2D eigenvalue weighted by molar-refractivity contribution is 7.15. The third-order valence-electron chi connectivity index (χ3n) is 2.08. The van der Waals surface area contributed by atoms with Crippen LogP contribution >= 0.6 is 34.5 Å². The van der Waals surface area contributed by atoms with Crippen molar-refractivity contribution in [3.8, 4) is 10.6 Å². The van der Waals surface area contributed by atoms with Crippen molar-refractivity contribution in [2.75, 3.05) is 7.05 Å². The van der Waals surface area contributed by atoms with Gasteiger partial charge in [-0.15, -0.1) is 11.3 Å². The SMILES string of the molecule is CNCc1cnc(-c2c(Cl)cccc2Cl)s1. The highest BCUT2D eigenvalue weighted by atomic mass is 35.5. The lowest BCUT2D eigenvalue weighted by Crippen LogP contribution is -2.02. The lowest BCUT2D eigenvalue weighted by molar-refractivity contribution is 0.829. The molecule has 0 fully saturated rings. The van der Waals surface area contributed by atoms with Gasteiger partial charge in [0.15, 0.2) is 0 Å². The summed E-state index contributed by atoms with van der Waals surface area (Å²) in [4.78, 5) is 5.50. The monoisotopic (exact) mass is 272 g/mol. The van der Waals surface area contributed by atoms with Crippen LogP contribution in [0.5, 0.6) is 0 Å². The Morgan fingerprint density at radius 2 is 2.00 bits per heavy atom. The van der Waals surface area contributed by atoms with E-state index in [0.29, 0.717) is 10.0 Å². The maximum Gasteiger partial charge on any atom is 0.126 e. The molecular formula is C11H10Cl2N2S. The van der Waals surface area contributed by atoms with Crippen LogP contribution in [0.25, 0.3) is 10.6 Å². The summed E-state index contributed by atoms with van der Waals surface area (Å²) in [6, 6.07) is 5.47. The minimum absolute atomic E-state index is 0.637. The van der Waals surface area contributed by atoms with Crippen LogP contribution in [0.15, 0.2) is 24.4 Å². The first-order valence-electron chi connectivity index (χ1n) is 4.76. The van der Waals surface area contributed by atoms with Crippen LogP contribution in [-0.4, -0.2) is 12.0 Å². The van der Waals surface area contributed by atoms with Gasteiger partial charge in [0.1, 0.15) is 5.01 Å². The lowest BCUT2D eigenvalue weighted by Gasteiger charge is -2.02. The number of thiazole rings is 1. The van der Waals surface area contributed by atoms with E-state index in [9.17, 15) is 0 Å². The summed E-state index contributed by atoms with van der Waals surface area (Å²) in [5, 5.41) is 5.22. The Morgan fingerprint density at radius 1 is 1.31 bits per heavy atom. The first-order valence-corrected chi connectivity index (χ1v) is 6.33. The Morgan fingerprint density at radius 3 is 2.62 bits per heavy atom.